The van der Waals surface area contributed by atoms with E-state index in [-0.39, 0.29) is 5.41 Å². The molecule has 0 radical (unpaired) electrons. The van der Waals surface area contributed by atoms with Gasteiger partial charge in [0.15, 0.2) is 5.58 Å². The predicted molar refractivity (Wildman–Crippen MR) is 81.7 cm³/mol. The third-order valence-electron chi connectivity index (χ3n) is 3.78. The van der Waals surface area contributed by atoms with Crippen molar-refractivity contribution in [2.24, 2.45) is 0 Å². The number of nitrogens with two attached hydrogens (primary N) is 1. The molecule has 0 fully saturated rings. The van der Waals surface area contributed by atoms with Crippen LogP contribution in [0.3, 0.4) is 0 Å². The zero-order valence-electron chi connectivity index (χ0n) is 12.0. The van der Waals surface area contributed by atoms with Crippen LogP contribution in [0.2, 0.25) is 0 Å². The molecule has 3 heteroatoms. The van der Waals surface area contributed by atoms with Gasteiger partial charge in [0.1, 0.15) is 5.52 Å². The smallest absolute Gasteiger partial charge is 0.205 e. The molecule has 0 bridgehead atoms. The molecule has 0 spiro atoms. The van der Waals surface area contributed by atoms with Gasteiger partial charge >= 0.3 is 0 Å². The highest BCUT2D eigenvalue weighted by Gasteiger charge is 2.29. The quantitative estimate of drug-likeness (QED) is 0.712. The van der Waals surface area contributed by atoms with Gasteiger partial charge in [0.2, 0.25) is 5.89 Å². The Morgan fingerprint density at radius 2 is 1.75 bits per heavy atom. The summed E-state index contributed by atoms with van der Waals surface area (Å²) >= 11 is 0. The van der Waals surface area contributed by atoms with Crippen LogP contribution < -0.4 is 5.73 Å². The maximum Gasteiger partial charge on any atom is 0.205 e. The summed E-state index contributed by atoms with van der Waals surface area (Å²) < 4.78 is 6.01. The normalized spacial score (nSPS) is 11.9. The average molecular weight is 266 g/mol. The van der Waals surface area contributed by atoms with Crippen molar-refractivity contribution in [1.82, 2.24) is 4.98 Å². The van der Waals surface area contributed by atoms with Crippen molar-refractivity contribution in [3.8, 4) is 0 Å². The summed E-state index contributed by atoms with van der Waals surface area (Å²) in [6.07, 6.45) is 0. The molecule has 0 saturated carbocycles. The topological polar surface area (TPSA) is 52.0 Å². The van der Waals surface area contributed by atoms with E-state index in [1.807, 2.05) is 49.4 Å². The number of oxazole rings is 1. The summed E-state index contributed by atoms with van der Waals surface area (Å²) in [7, 11) is 0. The summed E-state index contributed by atoms with van der Waals surface area (Å²) in [5.41, 5.74) is 10.2. The van der Waals surface area contributed by atoms with Crippen LogP contribution in [0, 0.1) is 6.92 Å². The second-order valence-electron chi connectivity index (χ2n) is 5.69. The molecule has 1 aromatic heterocycles. The lowest BCUT2D eigenvalue weighted by molar-refractivity contribution is 0.433. The molecule has 102 valence electrons. The Hall–Kier alpha value is -2.29. The van der Waals surface area contributed by atoms with Gasteiger partial charge in [-0.3, -0.25) is 0 Å². The van der Waals surface area contributed by atoms with Crippen LogP contribution in [0.5, 0.6) is 0 Å². The van der Waals surface area contributed by atoms with Crippen LogP contribution in [0.1, 0.15) is 30.9 Å². The Morgan fingerprint density at radius 3 is 2.40 bits per heavy atom. The van der Waals surface area contributed by atoms with Crippen molar-refractivity contribution in [2.75, 3.05) is 5.73 Å². The van der Waals surface area contributed by atoms with E-state index in [4.69, 9.17) is 10.2 Å². The van der Waals surface area contributed by atoms with Gasteiger partial charge in [-0.1, -0.05) is 24.3 Å². The molecule has 0 unspecified atom stereocenters. The zero-order chi connectivity index (χ0) is 14.3. The number of hydrogen-bond donors (Lipinski definition) is 1. The number of aryl methyl sites for hydroxylation is 1. The number of benzene rings is 2. The number of anilines is 1. The van der Waals surface area contributed by atoms with E-state index in [2.05, 4.69) is 18.8 Å². The molecule has 20 heavy (non-hydrogen) atoms. The third-order valence-corrected chi connectivity index (χ3v) is 3.78. The lowest BCUT2D eigenvalue weighted by Crippen LogP contribution is -2.19. The molecule has 0 aliphatic heterocycles. The van der Waals surface area contributed by atoms with Gasteiger partial charge in [0.25, 0.3) is 0 Å². The Kier molecular flexibility index (Phi) is 2.78. The van der Waals surface area contributed by atoms with E-state index in [9.17, 15) is 0 Å². The molecule has 0 saturated heterocycles. The van der Waals surface area contributed by atoms with E-state index >= 15 is 0 Å². The highest BCUT2D eigenvalue weighted by atomic mass is 16.3. The maximum absolute atomic E-state index is 6.01. The van der Waals surface area contributed by atoms with Gasteiger partial charge in [0, 0.05) is 5.69 Å². The second kappa shape index (κ2) is 4.37. The average Bonchev–Trinajstić information content (AvgIpc) is 2.85. The van der Waals surface area contributed by atoms with Crippen LogP contribution in [-0.2, 0) is 5.41 Å². The maximum atomic E-state index is 6.01. The van der Waals surface area contributed by atoms with Crippen LogP contribution in [0.25, 0.3) is 11.1 Å². The first-order chi connectivity index (χ1) is 9.48. The molecule has 3 nitrogen and oxygen atoms in total. The molecular formula is C17H18N2O. The Bertz CT molecular complexity index is 754. The van der Waals surface area contributed by atoms with Crippen LogP contribution >= 0.6 is 0 Å². The second-order valence-corrected chi connectivity index (χ2v) is 5.69. The largest absolute Gasteiger partial charge is 0.439 e. The van der Waals surface area contributed by atoms with Crippen molar-refractivity contribution in [2.45, 2.75) is 26.2 Å². The Balaban J connectivity index is 2.13. The van der Waals surface area contributed by atoms with Crippen molar-refractivity contribution < 1.29 is 4.42 Å². The first kappa shape index (κ1) is 12.7. The summed E-state index contributed by atoms with van der Waals surface area (Å²) in [6, 6.07) is 13.9. The number of nitrogens with zero attached hydrogens (tertiary/aromatic N) is 1. The van der Waals surface area contributed by atoms with Gasteiger partial charge in [-0.25, -0.2) is 4.98 Å². The summed E-state index contributed by atoms with van der Waals surface area (Å²) in [4.78, 5) is 4.65. The Labute approximate surface area is 118 Å². The molecule has 0 atom stereocenters. The fourth-order valence-corrected chi connectivity index (χ4v) is 2.38. The molecule has 3 aromatic rings. The predicted octanol–water partition coefficient (Wildman–Crippen LogP) is 4.04. The molecule has 1 heterocycles. The lowest BCUT2D eigenvalue weighted by Gasteiger charge is -2.21. The van der Waals surface area contributed by atoms with E-state index in [0.29, 0.717) is 0 Å². The highest BCUT2D eigenvalue weighted by molar-refractivity contribution is 5.76. The van der Waals surface area contributed by atoms with Gasteiger partial charge in [0.05, 0.1) is 5.41 Å². The highest BCUT2D eigenvalue weighted by Crippen LogP contribution is 2.33. The van der Waals surface area contributed by atoms with E-state index < -0.39 is 0 Å². The molecule has 2 N–H and O–H groups in total. The van der Waals surface area contributed by atoms with Gasteiger partial charge in [-0.15, -0.1) is 0 Å². The molecule has 2 aromatic carbocycles. The van der Waals surface area contributed by atoms with Crippen molar-refractivity contribution in [1.29, 1.82) is 0 Å². The standard InChI is InChI=1S/C17H18N2O/c1-11-5-4-6-14-15(11)20-16(19-14)17(2,3)12-7-9-13(18)10-8-12/h4-10H,18H2,1-3H3. The minimum atomic E-state index is -0.292. The van der Waals surface area contributed by atoms with Gasteiger partial charge in [-0.2, -0.15) is 0 Å². The van der Waals surface area contributed by atoms with Crippen LogP contribution in [0.15, 0.2) is 46.9 Å². The van der Waals surface area contributed by atoms with Crippen molar-refractivity contribution in [3.05, 3.63) is 59.5 Å². The van der Waals surface area contributed by atoms with Gasteiger partial charge < -0.3 is 10.2 Å². The van der Waals surface area contributed by atoms with E-state index in [1.54, 1.807) is 0 Å². The monoisotopic (exact) mass is 266 g/mol. The molecule has 3 rings (SSSR count). The van der Waals surface area contributed by atoms with E-state index in [1.165, 1.54) is 0 Å². The minimum absolute atomic E-state index is 0.292. The molecule has 0 aliphatic carbocycles. The number of fused-ring (bicyclic) bond motifs is 1. The molecular weight excluding hydrogens is 248 g/mol. The van der Waals surface area contributed by atoms with Crippen molar-refractivity contribution >= 4 is 16.8 Å². The number of nitrogen functional groups attached to an aromatic ring is 1. The first-order valence-corrected chi connectivity index (χ1v) is 6.71. The number of aromatic nitrogens is 1. The number of hydrogen-bond acceptors (Lipinski definition) is 3. The fourth-order valence-electron chi connectivity index (χ4n) is 2.38. The zero-order valence-corrected chi connectivity index (χ0v) is 12.0. The molecule has 0 aliphatic rings. The Morgan fingerprint density at radius 1 is 1.05 bits per heavy atom. The SMILES string of the molecule is Cc1cccc2nc(C(C)(C)c3ccc(N)cc3)oc12. The summed E-state index contributed by atoms with van der Waals surface area (Å²) in [5.74, 6) is 0.728. The number of para-hydroxylation sites is 1. The summed E-state index contributed by atoms with van der Waals surface area (Å²) in [5, 5.41) is 0. The third kappa shape index (κ3) is 1.95. The fraction of sp³-hybridized carbons (Fsp3) is 0.235. The van der Waals surface area contributed by atoms with Crippen molar-refractivity contribution in [3.63, 3.8) is 0 Å². The number of rotatable bonds is 2. The summed E-state index contributed by atoms with van der Waals surface area (Å²) in [6.45, 7) is 6.25. The lowest BCUT2D eigenvalue weighted by atomic mass is 9.84. The molecule has 0 amide bonds. The van der Waals surface area contributed by atoms with Gasteiger partial charge in [-0.05, 0) is 50.1 Å². The van der Waals surface area contributed by atoms with E-state index in [0.717, 1.165) is 33.8 Å². The van der Waals surface area contributed by atoms with Crippen LogP contribution in [0.4, 0.5) is 5.69 Å². The minimum Gasteiger partial charge on any atom is -0.439 e. The van der Waals surface area contributed by atoms with Crippen LogP contribution in [-0.4, -0.2) is 4.98 Å². The first-order valence-electron chi connectivity index (χ1n) is 6.71.